The van der Waals surface area contributed by atoms with Crippen molar-refractivity contribution in [2.75, 3.05) is 45.4 Å². The molecule has 0 radical (unpaired) electrons. The summed E-state index contributed by atoms with van der Waals surface area (Å²) in [5, 5.41) is 0. The molecular weight excluding hydrogens is 285 g/mol. The topological polar surface area (TPSA) is 47.7 Å². The highest BCUT2D eigenvalue weighted by atomic mass is 19.4. The lowest BCUT2D eigenvalue weighted by atomic mass is 10.1. The first-order valence-electron chi connectivity index (χ1n) is 6.57. The summed E-state index contributed by atoms with van der Waals surface area (Å²) >= 11 is 0. The number of anilines is 1. The summed E-state index contributed by atoms with van der Waals surface area (Å²) in [6.45, 7) is 1.92. The molecule has 0 aliphatic carbocycles. The van der Waals surface area contributed by atoms with Crippen LogP contribution in [0.3, 0.4) is 0 Å². The Balaban J connectivity index is 3.03. The molecule has 120 valence electrons. The molecule has 0 saturated heterocycles. The molecule has 1 aromatic rings. The molecule has 0 atom stereocenters. The van der Waals surface area contributed by atoms with Crippen molar-refractivity contribution in [3.05, 3.63) is 29.3 Å². The normalized spacial score (nSPS) is 11.7. The number of alkyl halides is 3. The summed E-state index contributed by atoms with van der Waals surface area (Å²) in [5.74, 6) is 0. The summed E-state index contributed by atoms with van der Waals surface area (Å²) in [6.07, 6.45) is -4.39. The maximum absolute atomic E-state index is 12.9. The van der Waals surface area contributed by atoms with Crippen LogP contribution in [-0.2, 0) is 22.2 Å². The quantitative estimate of drug-likeness (QED) is 0.800. The zero-order chi connectivity index (χ0) is 15.9. The molecule has 4 nitrogen and oxygen atoms in total. The Bertz CT molecular complexity index is 431. The van der Waals surface area contributed by atoms with E-state index in [1.165, 1.54) is 12.1 Å². The Morgan fingerprint density at radius 1 is 1.10 bits per heavy atom. The van der Waals surface area contributed by atoms with E-state index in [4.69, 9.17) is 15.2 Å². The molecule has 0 aliphatic heterocycles. The number of hydrogen-bond donors (Lipinski definition) is 1. The first-order chi connectivity index (χ1) is 9.93. The van der Waals surface area contributed by atoms with Crippen LogP contribution >= 0.6 is 0 Å². The Labute approximate surface area is 122 Å². The minimum absolute atomic E-state index is 0.0832. The van der Waals surface area contributed by atoms with Crippen LogP contribution in [0.4, 0.5) is 18.9 Å². The van der Waals surface area contributed by atoms with Crippen LogP contribution in [0.5, 0.6) is 0 Å². The molecule has 0 fully saturated rings. The van der Waals surface area contributed by atoms with E-state index in [0.29, 0.717) is 32.0 Å². The van der Waals surface area contributed by atoms with E-state index in [9.17, 15) is 13.2 Å². The lowest BCUT2D eigenvalue weighted by Crippen LogP contribution is -2.31. The van der Waals surface area contributed by atoms with Gasteiger partial charge in [-0.05, 0) is 23.8 Å². The molecule has 0 aromatic heterocycles. The number of hydrogen-bond acceptors (Lipinski definition) is 4. The predicted molar refractivity (Wildman–Crippen MR) is 75.3 cm³/mol. The van der Waals surface area contributed by atoms with E-state index >= 15 is 0 Å². The smallest absolute Gasteiger partial charge is 0.383 e. The summed E-state index contributed by atoms with van der Waals surface area (Å²) in [7, 11) is 3.15. The molecule has 0 aliphatic rings. The van der Waals surface area contributed by atoms with Crippen LogP contribution < -0.4 is 10.6 Å². The molecule has 2 N–H and O–H groups in total. The Morgan fingerprint density at radius 2 is 1.67 bits per heavy atom. The van der Waals surface area contributed by atoms with Gasteiger partial charge in [-0.15, -0.1) is 0 Å². The molecule has 0 saturated carbocycles. The van der Waals surface area contributed by atoms with Gasteiger partial charge in [0.05, 0.1) is 18.8 Å². The van der Waals surface area contributed by atoms with Gasteiger partial charge in [-0.2, -0.15) is 13.2 Å². The summed E-state index contributed by atoms with van der Waals surface area (Å²) in [5.41, 5.74) is 5.52. The maximum Gasteiger partial charge on any atom is 0.416 e. The average Bonchev–Trinajstić information content (AvgIpc) is 2.45. The molecule has 1 aromatic carbocycles. The molecule has 0 bridgehead atoms. The number of nitrogens with two attached hydrogens (primary N) is 1. The standard InChI is InChI=1S/C14H21F3N2O2/c1-20-7-5-19(6-8-21-2)12-3-4-13(14(15,16)17)11(9-12)10-18/h3-4,9H,5-8,10,18H2,1-2H3. The second-order valence-corrected chi connectivity index (χ2v) is 4.52. The highest BCUT2D eigenvalue weighted by Crippen LogP contribution is 2.33. The molecule has 1 rings (SSSR count). The van der Waals surface area contributed by atoms with Crippen LogP contribution in [0.1, 0.15) is 11.1 Å². The molecule has 0 spiro atoms. The zero-order valence-corrected chi connectivity index (χ0v) is 12.2. The Kier molecular flexibility index (Phi) is 6.94. The van der Waals surface area contributed by atoms with Crippen molar-refractivity contribution < 1.29 is 22.6 Å². The van der Waals surface area contributed by atoms with Gasteiger partial charge in [-0.3, -0.25) is 0 Å². The van der Waals surface area contributed by atoms with Gasteiger partial charge in [0.1, 0.15) is 0 Å². The van der Waals surface area contributed by atoms with Crippen molar-refractivity contribution in [3.63, 3.8) is 0 Å². The van der Waals surface area contributed by atoms with E-state index in [2.05, 4.69) is 0 Å². The number of nitrogens with zero attached hydrogens (tertiary/aromatic N) is 1. The van der Waals surface area contributed by atoms with Gasteiger partial charge in [-0.25, -0.2) is 0 Å². The highest BCUT2D eigenvalue weighted by molar-refractivity contribution is 5.51. The predicted octanol–water partition coefficient (Wildman–Crippen LogP) is 2.26. The van der Waals surface area contributed by atoms with Crippen molar-refractivity contribution in [1.29, 1.82) is 0 Å². The van der Waals surface area contributed by atoms with Gasteiger partial charge < -0.3 is 20.1 Å². The summed E-state index contributed by atoms with van der Waals surface area (Å²) in [6, 6.07) is 4.01. The Hall–Kier alpha value is -1.31. The average molecular weight is 306 g/mol. The van der Waals surface area contributed by atoms with Gasteiger partial charge in [0.15, 0.2) is 0 Å². The van der Waals surface area contributed by atoms with Crippen LogP contribution in [-0.4, -0.2) is 40.5 Å². The summed E-state index contributed by atoms with van der Waals surface area (Å²) in [4.78, 5) is 1.91. The second kappa shape index (κ2) is 8.21. The third kappa shape index (κ3) is 5.18. The summed E-state index contributed by atoms with van der Waals surface area (Å²) < 4.78 is 48.6. The van der Waals surface area contributed by atoms with Crippen LogP contribution in [0.15, 0.2) is 18.2 Å². The number of ether oxygens (including phenoxy) is 2. The van der Waals surface area contributed by atoms with Crippen molar-refractivity contribution in [3.8, 4) is 0 Å². The van der Waals surface area contributed by atoms with Gasteiger partial charge in [0, 0.05) is 39.5 Å². The SMILES string of the molecule is COCCN(CCOC)c1ccc(C(F)(F)F)c(CN)c1. The first-order valence-corrected chi connectivity index (χ1v) is 6.57. The maximum atomic E-state index is 12.9. The number of benzene rings is 1. The van der Waals surface area contributed by atoms with E-state index in [-0.39, 0.29) is 12.1 Å². The highest BCUT2D eigenvalue weighted by Gasteiger charge is 2.33. The Morgan fingerprint density at radius 3 is 2.10 bits per heavy atom. The largest absolute Gasteiger partial charge is 0.416 e. The van der Waals surface area contributed by atoms with Crippen LogP contribution in [0, 0.1) is 0 Å². The van der Waals surface area contributed by atoms with E-state index in [1.54, 1.807) is 14.2 Å². The fourth-order valence-corrected chi connectivity index (χ4v) is 2.00. The fourth-order valence-electron chi connectivity index (χ4n) is 2.00. The van der Waals surface area contributed by atoms with Gasteiger partial charge >= 0.3 is 6.18 Å². The van der Waals surface area contributed by atoms with Crippen molar-refractivity contribution in [2.24, 2.45) is 5.73 Å². The van der Waals surface area contributed by atoms with Gasteiger partial charge in [0.25, 0.3) is 0 Å². The molecule has 0 amide bonds. The zero-order valence-electron chi connectivity index (χ0n) is 12.2. The third-order valence-corrected chi connectivity index (χ3v) is 3.11. The monoisotopic (exact) mass is 306 g/mol. The lowest BCUT2D eigenvalue weighted by Gasteiger charge is -2.25. The number of halogens is 3. The van der Waals surface area contributed by atoms with Gasteiger partial charge in [-0.1, -0.05) is 0 Å². The fraction of sp³-hybridized carbons (Fsp3) is 0.571. The van der Waals surface area contributed by atoms with Gasteiger partial charge in [0.2, 0.25) is 0 Å². The lowest BCUT2D eigenvalue weighted by molar-refractivity contribution is -0.138. The minimum atomic E-state index is -4.39. The van der Waals surface area contributed by atoms with Crippen molar-refractivity contribution in [2.45, 2.75) is 12.7 Å². The van der Waals surface area contributed by atoms with Crippen molar-refractivity contribution in [1.82, 2.24) is 0 Å². The van der Waals surface area contributed by atoms with E-state index < -0.39 is 11.7 Å². The second-order valence-electron chi connectivity index (χ2n) is 4.52. The molecule has 0 unspecified atom stereocenters. The third-order valence-electron chi connectivity index (χ3n) is 3.11. The molecule has 7 heteroatoms. The van der Waals surface area contributed by atoms with Crippen LogP contribution in [0.25, 0.3) is 0 Å². The van der Waals surface area contributed by atoms with Crippen molar-refractivity contribution >= 4 is 5.69 Å². The number of methoxy groups -OCH3 is 2. The molecule has 0 heterocycles. The van der Waals surface area contributed by atoms with E-state index in [1.807, 2.05) is 4.90 Å². The molecular formula is C14H21F3N2O2. The molecule has 21 heavy (non-hydrogen) atoms. The van der Waals surface area contributed by atoms with Crippen LogP contribution in [0.2, 0.25) is 0 Å². The first kappa shape index (κ1) is 17.7. The minimum Gasteiger partial charge on any atom is -0.383 e. The number of rotatable bonds is 8. The van der Waals surface area contributed by atoms with E-state index in [0.717, 1.165) is 6.07 Å².